The van der Waals surface area contributed by atoms with E-state index >= 15 is 0 Å². The van der Waals surface area contributed by atoms with Crippen molar-refractivity contribution < 1.29 is 4.79 Å². The van der Waals surface area contributed by atoms with Crippen LogP contribution in [0.3, 0.4) is 0 Å². The first-order valence-electron chi connectivity index (χ1n) is 9.80. The van der Waals surface area contributed by atoms with Gasteiger partial charge in [-0.05, 0) is 55.4 Å². The molecular weight excluding hydrogens is 320 g/mol. The predicted molar refractivity (Wildman–Crippen MR) is 108 cm³/mol. The zero-order valence-corrected chi connectivity index (χ0v) is 15.9. The van der Waals surface area contributed by atoms with Gasteiger partial charge in [0, 0.05) is 25.2 Å². The van der Waals surface area contributed by atoms with Crippen LogP contribution in [-0.2, 0) is 11.2 Å². The monoisotopic (exact) mass is 350 g/mol. The Morgan fingerprint density at radius 3 is 2.58 bits per heavy atom. The zero-order valence-electron chi connectivity index (χ0n) is 15.9. The highest BCUT2D eigenvalue weighted by molar-refractivity contribution is 5.76. The van der Waals surface area contributed by atoms with Crippen molar-refractivity contribution >= 4 is 11.6 Å². The largest absolute Gasteiger partial charge is 0.371 e. The molecule has 0 spiro atoms. The quantitative estimate of drug-likeness (QED) is 0.816. The minimum Gasteiger partial charge on any atom is -0.371 e. The molecule has 1 fully saturated rings. The van der Waals surface area contributed by atoms with E-state index in [1.165, 1.54) is 24.1 Å². The number of anilines is 1. The highest BCUT2D eigenvalue weighted by Gasteiger charge is 2.17. The summed E-state index contributed by atoms with van der Waals surface area (Å²) in [5.41, 5.74) is 3.66. The molecule has 0 unspecified atom stereocenters. The molecule has 1 heterocycles. The van der Waals surface area contributed by atoms with Crippen molar-refractivity contribution in [3.8, 4) is 0 Å². The molecule has 2 aromatic rings. The minimum absolute atomic E-state index is 0.0348. The second-order valence-corrected chi connectivity index (χ2v) is 7.56. The second-order valence-electron chi connectivity index (χ2n) is 7.56. The topological polar surface area (TPSA) is 32.3 Å². The Labute approximate surface area is 157 Å². The molecular formula is C23H30N2O. The molecule has 3 rings (SSSR count). The lowest BCUT2D eigenvalue weighted by molar-refractivity contribution is -0.121. The molecule has 2 atom stereocenters. The third-order valence-electron chi connectivity index (χ3n) is 5.28. The van der Waals surface area contributed by atoms with E-state index in [0.29, 0.717) is 6.42 Å². The summed E-state index contributed by atoms with van der Waals surface area (Å²) in [5.74, 6) is 0.876. The van der Waals surface area contributed by atoms with Crippen LogP contribution in [0.25, 0.3) is 0 Å². The van der Waals surface area contributed by atoms with Gasteiger partial charge in [-0.3, -0.25) is 4.79 Å². The van der Waals surface area contributed by atoms with Crippen LogP contribution in [0.1, 0.15) is 50.3 Å². The molecule has 0 aliphatic carbocycles. The maximum Gasteiger partial charge on any atom is 0.220 e. The number of aryl methyl sites for hydroxylation is 1. The lowest BCUT2D eigenvalue weighted by Gasteiger charge is -2.33. The van der Waals surface area contributed by atoms with Crippen molar-refractivity contribution in [3.05, 3.63) is 65.7 Å². The van der Waals surface area contributed by atoms with Gasteiger partial charge >= 0.3 is 0 Å². The first kappa shape index (κ1) is 18.5. The maximum absolute atomic E-state index is 12.2. The van der Waals surface area contributed by atoms with Crippen molar-refractivity contribution in [2.24, 2.45) is 5.92 Å². The van der Waals surface area contributed by atoms with Crippen LogP contribution in [0.5, 0.6) is 0 Å². The fourth-order valence-electron chi connectivity index (χ4n) is 3.70. The van der Waals surface area contributed by atoms with Crippen LogP contribution in [0.4, 0.5) is 5.69 Å². The average molecular weight is 351 g/mol. The zero-order chi connectivity index (χ0) is 18.4. The van der Waals surface area contributed by atoms with Gasteiger partial charge in [0.15, 0.2) is 0 Å². The minimum atomic E-state index is 0.0348. The van der Waals surface area contributed by atoms with E-state index in [1.807, 2.05) is 18.2 Å². The molecule has 0 saturated carbocycles. The van der Waals surface area contributed by atoms with Crippen LogP contribution < -0.4 is 10.2 Å². The van der Waals surface area contributed by atoms with Gasteiger partial charge in [-0.25, -0.2) is 0 Å². The number of carbonyl (C=O) groups excluding carboxylic acids is 1. The van der Waals surface area contributed by atoms with Gasteiger partial charge in [0.05, 0.1) is 6.04 Å². The van der Waals surface area contributed by atoms with Crippen LogP contribution in [0.15, 0.2) is 54.6 Å². The van der Waals surface area contributed by atoms with Crippen molar-refractivity contribution in [1.82, 2.24) is 5.32 Å². The molecule has 1 N–H and O–H groups in total. The predicted octanol–water partition coefficient (Wildman–Crippen LogP) is 4.73. The van der Waals surface area contributed by atoms with E-state index in [9.17, 15) is 4.79 Å². The lowest BCUT2D eigenvalue weighted by atomic mass is 9.99. The highest BCUT2D eigenvalue weighted by Crippen LogP contribution is 2.24. The first-order chi connectivity index (χ1) is 12.6. The van der Waals surface area contributed by atoms with Gasteiger partial charge in [-0.15, -0.1) is 0 Å². The number of nitrogens with zero attached hydrogens (tertiary/aromatic N) is 1. The second kappa shape index (κ2) is 8.88. The molecule has 1 saturated heterocycles. The van der Waals surface area contributed by atoms with Gasteiger partial charge < -0.3 is 10.2 Å². The SMILES string of the molecule is C[C@@H]1CCCN(c2ccc([C@H](C)NC(=O)CCc3ccccc3)cc2)C1. The molecule has 26 heavy (non-hydrogen) atoms. The highest BCUT2D eigenvalue weighted by atomic mass is 16.1. The van der Waals surface area contributed by atoms with E-state index in [2.05, 4.69) is 60.5 Å². The van der Waals surface area contributed by atoms with E-state index in [0.717, 1.165) is 31.0 Å². The molecule has 3 nitrogen and oxygen atoms in total. The van der Waals surface area contributed by atoms with Crippen LogP contribution in [0.2, 0.25) is 0 Å². The standard InChI is InChI=1S/C23H30N2O/c1-18-7-6-16-25(17-18)22-13-11-21(12-14-22)19(2)24-23(26)15-10-20-8-4-3-5-9-20/h3-5,8-9,11-14,18-19H,6-7,10,15-17H2,1-2H3,(H,24,26)/t18-,19+/m1/s1. The maximum atomic E-state index is 12.2. The van der Waals surface area contributed by atoms with Crippen molar-refractivity contribution in [1.29, 1.82) is 0 Å². The Morgan fingerprint density at radius 1 is 1.15 bits per heavy atom. The molecule has 1 aliphatic heterocycles. The third kappa shape index (κ3) is 5.10. The first-order valence-corrected chi connectivity index (χ1v) is 9.80. The van der Waals surface area contributed by atoms with Gasteiger partial charge in [0.1, 0.15) is 0 Å². The van der Waals surface area contributed by atoms with Gasteiger partial charge in [-0.1, -0.05) is 49.4 Å². The summed E-state index contributed by atoms with van der Waals surface area (Å²) < 4.78 is 0. The molecule has 3 heteroatoms. The fraction of sp³-hybridized carbons (Fsp3) is 0.435. The van der Waals surface area contributed by atoms with Crippen LogP contribution in [-0.4, -0.2) is 19.0 Å². The third-order valence-corrected chi connectivity index (χ3v) is 5.28. The summed E-state index contributed by atoms with van der Waals surface area (Å²) in [6.45, 7) is 6.67. The molecule has 138 valence electrons. The summed E-state index contributed by atoms with van der Waals surface area (Å²) in [6, 6.07) is 18.9. The van der Waals surface area contributed by atoms with E-state index in [-0.39, 0.29) is 11.9 Å². The molecule has 0 aromatic heterocycles. The summed E-state index contributed by atoms with van der Waals surface area (Å²) >= 11 is 0. The number of carbonyl (C=O) groups is 1. The summed E-state index contributed by atoms with van der Waals surface area (Å²) in [6.07, 6.45) is 3.92. The normalized spacial score (nSPS) is 18.4. The van der Waals surface area contributed by atoms with Crippen molar-refractivity contribution in [2.45, 2.75) is 45.6 Å². The fourth-order valence-corrected chi connectivity index (χ4v) is 3.70. The molecule has 1 amide bonds. The number of piperidine rings is 1. The number of rotatable bonds is 6. The van der Waals surface area contributed by atoms with E-state index in [4.69, 9.17) is 0 Å². The van der Waals surface area contributed by atoms with Crippen LogP contribution in [0, 0.1) is 5.92 Å². The summed E-state index contributed by atoms with van der Waals surface area (Å²) in [7, 11) is 0. The molecule has 1 aliphatic rings. The Morgan fingerprint density at radius 2 is 1.88 bits per heavy atom. The Bertz CT molecular complexity index is 696. The average Bonchev–Trinajstić information content (AvgIpc) is 2.67. The Balaban J connectivity index is 1.51. The number of hydrogen-bond donors (Lipinski definition) is 1. The van der Waals surface area contributed by atoms with Gasteiger partial charge in [0.2, 0.25) is 5.91 Å². The Hall–Kier alpha value is -2.29. The van der Waals surface area contributed by atoms with Crippen molar-refractivity contribution in [2.75, 3.05) is 18.0 Å². The van der Waals surface area contributed by atoms with Gasteiger partial charge in [-0.2, -0.15) is 0 Å². The van der Waals surface area contributed by atoms with E-state index < -0.39 is 0 Å². The summed E-state index contributed by atoms with van der Waals surface area (Å²) in [4.78, 5) is 14.7. The smallest absolute Gasteiger partial charge is 0.220 e. The number of amides is 1. The van der Waals surface area contributed by atoms with E-state index in [1.54, 1.807) is 0 Å². The van der Waals surface area contributed by atoms with Crippen molar-refractivity contribution in [3.63, 3.8) is 0 Å². The number of nitrogens with one attached hydrogen (secondary N) is 1. The van der Waals surface area contributed by atoms with Gasteiger partial charge in [0.25, 0.3) is 0 Å². The van der Waals surface area contributed by atoms with Crippen LogP contribution >= 0.6 is 0 Å². The number of benzene rings is 2. The molecule has 2 aromatic carbocycles. The Kier molecular flexibility index (Phi) is 6.32. The molecule has 0 radical (unpaired) electrons. The summed E-state index contributed by atoms with van der Waals surface area (Å²) in [5, 5.41) is 3.12. The lowest BCUT2D eigenvalue weighted by Crippen LogP contribution is -2.34. The number of hydrogen-bond acceptors (Lipinski definition) is 2. The molecule has 0 bridgehead atoms.